The second-order valence-electron chi connectivity index (χ2n) is 7.59. The first kappa shape index (κ1) is 24.9. The van der Waals surface area contributed by atoms with E-state index in [0.717, 1.165) is 6.42 Å². The summed E-state index contributed by atoms with van der Waals surface area (Å²) in [5.74, 6) is 0.00322. The van der Waals surface area contributed by atoms with Gasteiger partial charge in [-0.15, -0.1) is 0 Å². The Morgan fingerprint density at radius 3 is 2.41 bits per heavy atom. The van der Waals surface area contributed by atoms with Crippen LogP contribution in [0.1, 0.15) is 63.8 Å². The van der Waals surface area contributed by atoms with Gasteiger partial charge in [-0.25, -0.2) is 9.78 Å². The van der Waals surface area contributed by atoms with Gasteiger partial charge >= 0.3 is 6.03 Å². The minimum absolute atomic E-state index is 0.172. The van der Waals surface area contributed by atoms with Crippen LogP contribution in [0.3, 0.4) is 0 Å². The van der Waals surface area contributed by atoms with Crippen molar-refractivity contribution in [3.05, 3.63) is 17.8 Å². The number of nitrogens with one attached hydrogen (secondary N) is 2. The summed E-state index contributed by atoms with van der Waals surface area (Å²) in [5, 5.41) is 5.72. The molecule has 0 aromatic carbocycles. The molecule has 0 aliphatic heterocycles. The summed E-state index contributed by atoms with van der Waals surface area (Å²) in [6.45, 7) is 13.2. The van der Waals surface area contributed by atoms with E-state index in [1.165, 1.54) is 6.26 Å². The van der Waals surface area contributed by atoms with Crippen LogP contribution < -0.4 is 10.6 Å². The average Bonchev–Trinajstić information content (AvgIpc) is 3.11. The molecular weight excluding hydrogens is 376 g/mol. The van der Waals surface area contributed by atoms with E-state index in [9.17, 15) is 9.59 Å². The first-order valence-corrected chi connectivity index (χ1v) is 10.2. The van der Waals surface area contributed by atoms with Crippen LogP contribution in [0.15, 0.2) is 10.7 Å². The number of urea groups is 1. The lowest BCUT2D eigenvalue weighted by atomic mass is 10.1. The van der Waals surface area contributed by atoms with Gasteiger partial charge in [-0.3, -0.25) is 4.79 Å². The lowest BCUT2D eigenvalue weighted by Gasteiger charge is -2.27. The maximum absolute atomic E-state index is 12.6. The molecule has 0 radical (unpaired) electrons. The SMILES string of the molecule is CCOCCCNC(=O)c1coc(CN(CCCOCC)C(=O)NC(C)(C)C)n1. The predicted molar refractivity (Wildman–Crippen MR) is 110 cm³/mol. The summed E-state index contributed by atoms with van der Waals surface area (Å²) in [5.41, 5.74) is -0.167. The zero-order valence-electron chi connectivity index (χ0n) is 18.4. The molecule has 0 aliphatic rings. The second kappa shape index (κ2) is 13.2. The minimum Gasteiger partial charge on any atom is -0.446 e. The van der Waals surface area contributed by atoms with Gasteiger partial charge in [0.1, 0.15) is 6.26 Å². The zero-order chi connectivity index (χ0) is 21.7. The van der Waals surface area contributed by atoms with Crippen LogP contribution >= 0.6 is 0 Å². The van der Waals surface area contributed by atoms with Crippen molar-refractivity contribution < 1.29 is 23.5 Å². The van der Waals surface area contributed by atoms with Crippen molar-refractivity contribution in [2.75, 3.05) is 39.5 Å². The van der Waals surface area contributed by atoms with Crippen molar-refractivity contribution >= 4 is 11.9 Å². The van der Waals surface area contributed by atoms with Gasteiger partial charge < -0.3 is 29.4 Å². The largest absolute Gasteiger partial charge is 0.446 e. The molecule has 0 saturated heterocycles. The molecule has 29 heavy (non-hydrogen) atoms. The quantitative estimate of drug-likeness (QED) is 0.482. The second-order valence-corrected chi connectivity index (χ2v) is 7.59. The number of ether oxygens (including phenoxy) is 2. The van der Waals surface area contributed by atoms with Gasteiger partial charge in [0.2, 0.25) is 5.89 Å². The van der Waals surface area contributed by atoms with Crippen LogP contribution in [-0.4, -0.2) is 66.9 Å². The number of nitrogens with zero attached hydrogens (tertiary/aromatic N) is 2. The summed E-state index contributed by atoms with van der Waals surface area (Å²) in [6, 6.07) is -0.214. The Labute approximate surface area is 173 Å². The number of hydrogen-bond acceptors (Lipinski definition) is 6. The van der Waals surface area contributed by atoms with E-state index in [-0.39, 0.29) is 29.7 Å². The Kier molecular flexibility index (Phi) is 11.3. The molecule has 0 saturated carbocycles. The van der Waals surface area contributed by atoms with E-state index >= 15 is 0 Å². The van der Waals surface area contributed by atoms with E-state index in [1.54, 1.807) is 4.90 Å². The van der Waals surface area contributed by atoms with Gasteiger partial charge in [0, 0.05) is 45.1 Å². The molecule has 0 atom stereocenters. The molecular formula is C20H36N4O5. The van der Waals surface area contributed by atoms with E-state index in [2.05, 4.69) is 15.6 Å². The van der Waals surface area contributed by atoms with Gasteiger partial charge in [0.25, 0.3) is 5.91 Å². The molecule has 1 rings (SSSR count). The molecule has 0 aliphatic carbocycles. The van der Waals surface area contributed by atoms with Gasteiger partial charge in [0.05, 0.1) is 6.54 Å². The van der Waals surface area contributed by atoms with Crippen molar-refractivity contribution in [2.24, 2.45) is 0 Å². The topological polar surface area (TPSA) is 106 Å². The van der Waals surface area contributed by atoms with Crippen LogP contribution in [-0.2, 0) is 16.0 Å². The van der Waals surface area contributed by atoms with E-state index < -0.39 is 0 Å². The number of hydrogen-bond donors (Lipinski definition) is 2. The highest BCUT2D eigenvalue weighted by Crippen LogP contribution is 2.09. The lowest BCUT2D eigenvalue weighted by Crippen LogP contribution is -2.48. The number of oxazole rings is 1. The molecule has 0 bridgehead atoms. The van der Waals surface area contributed by atoms with Crippen molar-refractivity contribution in [3.63, 3.8) is 0 Å². The van der Waals surface area contributed by atoms with Crippen LogP contribution in [0.4, 0.5) is 4.79 Å². The Balaban J connectivity index is 2.63. The normalized spacial score (nSPS) is 11.3. The maximum atomic E-state index is 12.6. The molecule has 0 fully saturated rings. The standard InChI is InChI=1S/C20H36N4O5/c1-6-27-12-8-10-21-18(25)16-15-29-17(22-16)14-24(11-9-13-28-7-2)19(26)23-20(3,4)5/h15H,6-14H2,1-5H3,(H,21,25)(H,23,26). The van der Waals surface area contributed by atoms with Gasteiger partial charge in [-0.05, 0) is 47.5 Å². The summed E-state index contributed by atoms with van der Waals surface area (Å²) < 4.78 is 16.0. The fourth-order valence-electron chi connectivity index (χ4n) is 2.42. The minimum atomic E-state index is -0.363. The highest BCUT2D eigenvalue weighted by Gasteiger charge is 2.22. The van der Waals surface area contributed by atoms with Crippen molar-refractivity contribution in [1.82, 2.24) is 20.5 Å². The third-order valence-corrected chi connectivity index (χ3v) is 3.76. The average molecular weight is 413 g/mol. The molecule has 9 nitrogen and oxygen atoms in total. The number of carbonyl (C=O) groups excluding carboxylic acids is 2. The number of rotatable bonds is 13. The third-order valence-electron chi connectivity index (χ3n) is 3.76. The summed E-state index contributed by atoms with van der Waals surface area (Å²) in [6.07, 6.45) is 2.73. The van der Waals surface area contributed by atoms with Crippen molar-refractivity contribution in [1.29, 1.82) is 0 Å². The molecule has 2 N–H and O–H groups in total. The van der Waals surface area contributed by atoms with E-state index in [1.807, 2.05) is 34.6 Å². The number of aromatic nitrogens is 1. The van der Waals surface area contributed by atoms with Crippen molar-refractivity contribution in [2.45, 2.75) is 59.5 Å². The van der Waals surface area contributed by atoms with Gasteiger partial charge in [-0.1, -0.05) is 0 Å². The monoisotopic (exact) mass is 412 g/mol. The number of carbonyl (C=O) groups is 2. The summed E-state index contributed by atoms with van der Waals surface area (Å²) in [7, 11) is 0. The third kappa shape index (κ3) is 10.8. The maximum Gasteiger partial charge on any atom is 0.318 e. The van der Waals surface area contributed by atoms with Gasteiger partial charge in [0.15, 0.2) is 5.69 Å². The van der Waals surface area contributed by atoms with Crippen LogP contribution in [0.5, 0.6) is 0 Å². The zero-order valence-corrected chi connectivity index (χ0v) is 18.4. The molecule has 166 valence electrons. The molecule has 1 aromatic rings. The molecule has 3 amide bonds. The van der Waals surface area contributed by atoms with E-state index in [0.29, 0.717) is 51.8 Å². The summed E-state index contributed by atoms with van der Waals surface area (Å²) >= 11 is 0. The molecule has 0 spiro atoms. The predicted octanol–water partition coefficient (Wildman–Crippen LogP) is 2.57. The molecule has 1 heterocycles. The lowest BCUT2D eigenvalue weighted by molar-refractivity contribution is 0.0939. The molecule has 1 aromatic heterocycles. The van der Waals surface area contributed by atoms with Gasteiger partial charge in [-0.2, -0.15) is 0 Å². The highest BCUT2D eigenvalue weighted by molar-refractivity contribution is 5.91. The number of amides is 3. The Morgan fingerprint density at radius 1 is 1.14 bits per heavy atom. The van der Waals surface area contributed by atoms with Crippen molar-refractivity contribution in [3.8, 4) is 0 Å². The Morgan fingerprint density at radius 2 is 1.79 bits per heavy atom. The van der Waals surface area contributed by atoms with Crippen LogP contribution in [0.2, 0.25) is 0 Å². The Hall–Kier alpha value is -2.13. The highest BCUT2D eigenvalue weighted by atomic mass is 16.5. The molecule has 0 unspecified atom stereocenters. The first-order chi connectivity index (χ1) is 13.8. The first-order valence-electron chi connectivity index (χ1n) is 10.2. The van der Waals surface area contributed by atoms with E-state index in [4.69, 9.17) is 13.9 Å². The van der Waals surface area contributed by atoms with Crippen LogP contribution in [0, 0.1) is 0 Å². The Bertz CT molecular complexity index is 612. The van der Waals surface area contributed by atoms with Crippen LogP contribution in [0.25, 0.3) is 0 Å². The molecule has 9 heteroatoms. The fraction of sp³-hybridized carbons (Fsp3) is 0.750. The smallest absolute Gasteiger partial charge is 0.318 e. The summed E-state index contributed by atoms with van der Waals surface area (Å²) in [4.78, 5) is 30.6. The fourth-order valence-corrected chi connectivity index (χ4v) is 2.42.